The van der Waals surface area contributed by atoms with Gasteiger partial charge in [-0.2, -0.15) is 5.10 Å². The highest BCUT2D eigenvalue weighted by atomic mass is 16.5. The SMILES string of the molecule is CC(C)CNCc1ncn(C2CC(C)(C)OC2(C)C)n1. The quantitative estimate of drug-likeness (QED) is 0.900. The van der Waals surface area contributed by atoms with E-state index < -0.39 is 0 Å². The zero-order chi connectivity index (χ0) is 15.0. The summed E-state index contributed by atoms with van der Waals surface area (Å²) in [6.07, 6.45) is 2.80. The summed E-state index contributed by atoms with van der Waals surface area (Å²) in [6, 6.07) is 0.240. The van der Waals surface area contributed by atoms with Crippen LogP contribution in [0, 0.1) is 5.92 Å². The van der Waals surface area contributed by atoms with Gasteiger partial charge in [0.2, 0.25) is 0 Å². The third-order valence-electron chi connectivity index (χ3n) is 3.74. The van der Waals surface area contributed by atoms with Crippen molar-refractivity contribution in [1.29, 1.82) is 0 Å². The molecule has 1 unspecified atom stereocenters. The molecule has 1 aliphatic heterocycles. The largest absolute Gasteiger partial charge is 0.367 e. The number of rotatable bonds is 5. The number of ether oxygens (including phenoxy) is 1. The van der Waals surface area contributed by atoms with Crippen LogP contribution in [0.2, 0.25) is 0 Å². The number of aromatic nitrogens is 3. The smallest absolute Gasteiger partial charge is 0.164 e. The Kier molecular flexibility index (Phi) is 4.21. The second-order valence-corrected chi connectivity index (χ2v) is 7.35. The topological polar surface area (TPSA) is 52.0 Å². The standard InChI is InChI=1S/C15H28N4O/c1-11(2)8-16-9-13-17-10-19(18-13)12-7-14(3,4)20-15(12,5)6/h10-12,16H,7-9H2,1-6H3. The molecule has 0 spiro atoms. The van der Waals surface area contributed by atoms with E-state index in [9.17, 15) is 0 Å². The van der Waals surface area contributed by atoms with Crippen molar-refractivity contribution in [3.63, 3.8) is 0 Å². The molecule has 2 rings (SSSR count). The van der Waals surface area contributed by atoms with Crippen LogP contribution in [0.3, 0.4) is 0 Å². The van der Waals surface area contributed by atoms with Gasteiger partial charge in [-0.1, -0.05) is 13.8 Å². The van der Waals surface area contributed by atoms with Gasteiger partial charge in [0, 0.05) is 6.42 Å². The first-order chi connectivity index (χ1) is 9.20. The van der Waals surface area contributed by atoms with Crippen molar-refractivity contribution in [2.24, 2.45) is 5.92 Å². The molecule has 20 heavy (non-hydrogen) atoms. The van der Waals surface area contributed by atoms with Crippen LogP contribution in [0.4, 0.5) is 0 Å². The molecule has 0 saturated carbocycles. The van der Waals surface area contributed by atoms with Crippen LogP contribution < -0.4 is 5.32 Å². The average molecular weight is 280 g/mol. The number of hydrogen-bond acceptors (Lipinski definition) is 4. The summed E-state index contributed by atoms with van der Waals surface area (Å²) in [5, 5.41) is 7.99. The Morgan fingerprint density at radius 2 is 2.10 bits per heavy atom. The molecular formula is C15H28N4O. The average Bonchev–Trinajstić information content (AvgIpc) is 2.79. The van der Waals surface area contributed by atoms with Crippen LogP contribution in [0.15, 0.2) is 6.33 Å². The summed E-state index contributed by atoms with van der Waals surface area (Å²) in [6.45, 7) is 14.6. The van der Waals surface area contributed by atoms with Gasteiger partial charge in [-0.05, 0) is 40.2 Å². The maximum Gasteiger partial charge on any atom is 0.164 e. The second kappa shape index (κ2) is 5.45. The minimum Gasteiger partial charge on any atom is -0.367 e. The van der Waals surface area contributed by atoms with Crippen molar-refractivity contribution in [2.45, 2.75) is 71.8 Å². The first-order valence-electron chi connectivity index (χ1n) is 7.50. The van der Waals surface area contributed by atoms with Crippen LogP contribution in [0.25, 0.3) is 0 Å². The van der Waals surface area contributed by atoms with Gasteiger partial charge in [-0.15, -0.1) is 0 Å². The van der Waals surface area contributed by atoms with E-state index in [4.69, 9.17) is 4.74 Å². The summed E-state index contributed by atoms with van der Waals surface area (Å²) >= 11 is 0. The van der Waals surface area contributed by atoms with E-state index in [0.29, 0.717) is 5.92 Å². The first kappa shape index (κ1) is 15.4. The molecule has 1 aromatic rings. The predicted octanol–water partition coefficient (Wildman–Crippen LogP) is 2.54. The molecule has 0 amide bonds. The molecule has 114 valence electrons. The van der Waals surface area contributed by atoms with Gasteiger partial charge in [-0.25, -0.2) is 9.67 Å². The van der Waals surface area contributed by atoms with E-state index in [0.717, 1.165) is 25.3 Å². The molecule has 1 aliphatic rings. The van der Waals surface area contributed by atoms with Crippen molar-refractivity contribution < 1.29 is 4.74 Å². The molecule has 0 aliphatic carbocycles. The maximum atomic E-state index is 6.12. The lowest BCUT2D eigenvalue weighted by Gasteiger charge is -2.26. The zero-order valence-electron chi connectivity index (χ0n) is 13.6. The van der Waals surface area contributed by atoms with E-state index in [1.54, 1.807) is 0 Å². The number of nitrogens with zero attached hydrogens (tertiary/aromatic N) is 3. The van der Waals surface area contributed by atoms with Crippen molar-refractivity contribution in [2.75, 3.05) is 6.54 Å². The Bertz CT molecular complexity index is 450. The van der Waals surface area contributed by atoms with E-state index in [-0.39, 0.29) is 17.2 Å². The normalized spacial score (nSPS) is 24.4. The van der Waals surface area contributed by atoms with Gasteiger partial charge in [0.15, 0.2) is 5.82 Å². The monoisotopic (exact) mass is 280 g/mol. The molecule has 1 aromatic heterocycles. The molecule has 1 N–H and O–H groups in total. The van der Waals surface area contributed by atoms with Gasteiger partial charge in [0.1, 0.15) is 6.33 Å². The highest BCUT2D eigenvalue weighted by molar-refractivity contribution is 4.98. The Labute approximate surface area is 122 Å². The Morgan fingerprint density at radius 3 is 2.65 bits per heavy atom. The van der Waals surface area contributed by atoms with E-state index >= 15 is 0 Å². The molecule has 5 heteroatoms. The highest BCUT2D eigenvalue weighted by Gasteiger charge is 2.47. The van der Waals surface area contributed by atoms with Crippen molar-refractivity contribution in [1.82, 2.24) is 20.1 Å². The van der Waals surface area contributed by atoms with Gasteiger partial charge >= 0.3 is 0 Å². The lowest BCUT2D eigenvalue weighted by atomic mass is 9.95. The summed E-state index contributed by atoms with van der Waals surface area (Å²) < 4.78 is 8.09. The summed E-state index contributed by atoms with van der Waals surface area (Å²) in [5.74, 6) is 1.49. The van der Waals surface area contributed by atoms with E-state index in [2.05, 4.69) is 56.9 Å². The second-order valence-electron chi connectivity index (χ2n) is 7.35. The highest BCUT2D eigenvalue weighted by Crippen LogP contribution is 2.44. The molecule has 1 saturated heterocycles. The minimum absolute atomic E-state index is 0.101. The summed E-state index contributed by atoms with van der Waals surface area (Å²) in [7, 11) is 0. The zero-order valence-corrected chi connectivity index (χ0v) is 13.6. The van der Waals surface area contributed by atoms with Gasteiger partial charge < -0.3 is 10.1 Å². The fraction of sp³-hybridized carbons (Fsp3) is 0.867. The molecule has 0 radical (unpaired) electrons. The fourth-order valence-corrected chi connectivity index (χ4v) is 2.96. The predicted molar refractivity (Wildman–Crippen MR) is 79.5 cm³/mol. The van der Waals surface area contributed by atoms with Crippen molar-refractivity contribution in [3.8, 4) is 0 Å². The van der Waals surface area contributed by atoms with Gasteiger partial charge in [0.25, 0.3) is 0 Å². The Balaban J connectivity index is 2.02. The third-order valence-corrected chi connectivity index (χ3v) is 3.74. The third kappa shape index (κ3) is 3.58. The lowest BCUT2D eigenvalue weighted by molar-refractivity contribution is -0.0737. The van der Waals surface area contributed by atoms with Gasteiger partial charge in [0.05, 0.1) is 23.8 Å². The summed E-state index contributed by atoms with van der Waals surface area (Å²) in [5.41, 5.74) is -0.310. The van der Waals surface area contributed by atoms with Crippen LogP contribution in [-0.4, -0.2) is 32.5 Å². The fourth-order valence-electron chi connectivity index (χ4n) is 2.96. The molecule has 1 fully saturated rings. The Hall–Kier alpha value is -0.940. The lowest BCUT2D eigenvalue weighted by Crippen LogP contribution is -2.31. The molecular weight excluding hydrogens is 252 g/mol. The van der Waals surface area contributed by atoms with Crippen LogP contribution in [-0.2, 0) is 11.3 Å². The van der Waals surface area contributed by atoms with E-state index in [1.807, 2.05) is 11.0 Å². The molecule has 5 nitrogen and oxygen atoms in total. The maximum absolute atomic E-state index is 6.12. The number of nitrogens with one attached hydrogen (secondary N) is 1. The minimum atomic E-state index is -0.209. The van der Waals surface area contributed by atoms with Crippen LogP contribution in [0.1, 0.15) is 59.8 Å². The van der Waals surface area contributed by atoms with Gasteiger partial charge in [-0.3, -0.25) is 0 Å². The molecule has 0 aromatic carbocycles. The van der Waals surface area contributed by atoms with Crippen LogP contribution in [0.5, 0.6) is 0 Å². The molecule has 1 atom stereocenters. The number of hydrogen-bond donors (Lipinski definition) is 1. The van der Waals surface area contributed by atoms with Crippen molar-refractivity contribution >= 4 is 0 Å². The molecule has 2 heterocycles. The Morgan fingerprint density at radius 1 is 1.40 bits per heavy atom. The summed E-state index contributed by atoms with van der Waals surface area (Å²) in [4.78, 5) is 4.40. The first-order valence-corrected chi connectivity index (χ1v) is 7.50. The van der Waals surface area contributed by atoms with Crippen molar-refractivity contribution in [3.05, 3.63) is 12.2 Å². The van der Waals surface area contributed by atoms with Crippen LogP contribution >= 0.6 is 0 Å². The van der Waals surface area contributed by atoms with E-state index in [1.165, 1.54) is 0 Å². The molecule has 0 bridgehead atoms.